The number of unbranched alkanes of at least 4 members (excludes halogenated alkanes) is 1. The Kier molecular flexibility index (Phi) is 6.42. The molecular formula is C22H32O4. The maximum Gasteiger partial charge on any atom is 0.303 e. The number of carbonyl (C=O) groups is 1. The Morgan fingerprint density at radius 1 is 1.23 bits per heavy atom. The average molecular weight is 360 g/mol. The lowest BCUT2D eigenvalue weighted by Crippen LogP contribution is -2.44. The van der Waals surface area contributed by atoms with Gasteiger partial charge in [-0.3, -0.25) is 4.79 Å². The maximum absolute atomic E-state index is 10.6. The topological polar surface area (TPSA) is 77.8 Å². The van der Waals surface area contributed by atoms with Crippen molar-refractivity contribution in [3.05, 3.63) is 11.6 Å². The van der Waals surface area contributed by atoms with Crippen LogP contribution in [0.25, 0.3) is 0 Å². The number of aliphatic hydroxyl groups is 2. The molecule has 0 aromatic heterocycles. The van der Waals surface area contributed by atoms with Gasteiger partial charge in [-0.2, -0.15) is 0 Å². The molecule has 3 rings (SSSR count). The summed E-state index contributed by atoms with van der Waals surface area (Å²) in [4.78, 5) is 10.6. The summed E-state index contributed by atoms with van der Waals surface area (Å²) in [6, 6.07) is 0. The molecule has 26 heavy (non-hydrogen) atoms. The minimum absolute atomic E-state index is 0.0251. The Morgan fingerprint density at radius 2 is 2.00 bits per heavy atom. The molecule has 3 fully saturated rings. The monoisotopic (exact) mass is 360 g/mol. The van der Waals surface area contributed by atoms with Crippen molar-refractivity contribution in [2.24, 2.45) is 17.8 Å². The number of aliphatic carboxylic acids is 1. The van der Waals surface area contributed by atoms with Gasteiger partial charge in [0, 0.05) is 18.8 Å². The van der Waals surface area contributed by atoms with E-state index >= 15 is 0 Å². The Bertz CT molecular complexity index is 591. The Hall–Kier alpha value is -1.31. The molecule has 0 bridgehead atoms. The maximum atomic E-state index is 10.6. The molecule has 4 atom stereocenters. The molecule has 3 aliphatic carbocycles. The van der Waals surface area contributed by atoms with Crippen LogP contribution < -0.4 is 0 Å². The number of allylic oxidation sites excluding steroid dienone is 2. The largest absolute Gasteiger partial charge is 0.481 e. The predicted octanol–water partition coefficient (Wildman–Crippen LogP) is 3.66. The highest BCUT2D eigenvalue weighted by Crippen LogP contribution is 2.51. The lowest BCUT2D eigenvalue weighted by Gasteiger charge is -2.48. The van der Waals surface area contributed by atoms with E-state index < -0.39 is 11.6 Å². The fourth-order valence-electron chi connectivity index (χ4n) is 4.97. The zero-order valence-electron chi connectivity index (χ0n) is 15.6. The molecule has 0 radical (unpaired) electrons. The van der Waals surface area contributed by atoms with Gasteiger partial charge in [-0.15, -0.1) is 0 Å². The summed E-state index contributed by atoms with van der Waals surface area (Å²) in [5.41, 5.74) is 0.823. The Labute approximate surface area is 156 Å². The lowest BCUT2D eigenvalue weighted by atomic mass is 9.57. The molecule has 0 amide bonds. The molecule has 3 N–H and O–H groups in total. The van der Waals surface area contributed by atoms with Gasteiger partial charge >= 0.3 is 5.97 Å². The summed E-state index contributed by atoms with van der Waals surface area (Å²) in [5, 5.41) is 29.7. The second-order valence-corrected chi connectivity index (χ2v) is 8.49. The minimum Gasteiger partial charge on any atom is -0.481 e. The number of rotatable bonds is 5. The number of fused-ring (bicyclic) bond motifs is 1. The van der Waals surface area contributed by atoms with Crippen molar-refractivity contribution >= 4 is 5.97 Å². The third-order valence-electron chi connectivity index (χ3n) is 6.59. The number of hydrogen-bond acceptors (Lipinski definition) is 3. The van der Waals surface area contributed by atoms with Gasteiger partial charge in [0.15, 0.2) is 0 Å². The van der Waals surface area contributed by atoms with E-state index in [9.17, 15) is 15.0 Å². The first-order valence-electron chi connectivity index (χ1n) is 10.3. The minimum atomic E-state index is -0.731. The summed E-state index contributed by atoms with van der Waals surface area (Å²) in [7, 11) is 0. The van der Waals surface area contributed by atoms with Crippen molar-refractivity contribution in [1.82, 2.24) is 0 Å². The van der Waals surface area contributed by atoms with Gasteiger partial charge in [-0.05, 0) is 56.8 Å². The van der Waals surface area contributed by atoms with Gasteiger partial charge in [0.2, 0.25) is 0 Å². The summed E-state index contributed by atoms with van der Waals surface area (Å²) in [6.07, 6.45) is 12.0. The highest BCUT2D eigenvalue weighted by Gasteiger charge is 2.46. The molecule has 0 aromatic rings. The average Bonchev–Trinajstić information content (AvgIpc) is 2.58. The van der Waals surface area contributed by atoms with E-state index in [-0.39, 0.29) is 18.4 Å². The van der Waals surface area contributed by atoms with Crippen LogP contribution in [-0.4, -0.2) is 33.0 Å². The normalized spacial score (nSPS) is 34.3. The van der Waals surface area contributed by atoms with Crippen LogP contribution in [-0.2, 0) is 4.79 Å². The van der Waals surface area contributed by atoms with E-state index in [0.717, 1.165) is 51.4 Å². The molecule has 0 spiro atoms. The van der Waals surface area contributed by atoms with E-state index in [2.05, 4.69) is 17.9 Å². The highest BCUT2D eigenvalue weighted by molar-refractivity contribution is 5.66. The quantitative estimate of drug-likeness (QED) is 0.397. The van der Waals surface area contributed by atoms with E-state index in [0.29, 0.717) is 24.7 Å². The van der Waals surface area contributed by atoms with Gasteiger partial charge < -0.3 is 15.3 Å². The van der Waals surface area contributed by atoms with Gasteiger partial charge in [0.05, 0.1) is 11.7 Å². The molecular weight excluding hydrogens is 328 g/mol. The predicted molar refractivity (Wildman–Crippen MR) is 100 cm³/mol. The molecule has 144 valence electrons. The number of carboxylic acid groups (broad SMARTS) is 1. The molecule has 4 unspecified atom stereocenters. The van der Waals surface area contributed by atoms with E-state index in [4.69, 9.17) is 5.11 Å². The van der Waals surface area contributed by atoms with Crippen molar-refractivity contribution in [2.75, 3.05) is 0 Å². The van der Waals surface area contributed by atoms with Crippen LogP contribution in [0.4, 0.5) is 0 Å². The van der Waals surface area contributed by atoms with E-state index in [1.54, 1.807) is 0 Å². The molecule has 0 heterocycles. The molecule has 0 saturated heterocycles. The molecule has 3 aliphatic rings. The van der Waals surface area contributed by atoms with Crippen LogP contribution in [0.5, 0.6) is 0 Å². The smallest absolute Gasteiger partial charge is 0.303 e. The van der Waals surface area contributed by atoms with Gasteiger partial charge in [-0.25, -0.2) is 0 Å². The highest BCUT2D eigenvalue weighted by atomic mass is 16.4. The standard InChI is InChI=1S/C22H32O4/c23-20-11-10-17-16(7-2-3-9-21(24)25)15-19(17)18(20)8-6-14-22(26)12-4-1-5-13-22/h7,17-20,23,26H,1-5,9-15H2,(H,24,25)/b16-7-. The SMILES string of the molecule is O=C(O)CCC/C=C1/CC2C1CCC(O)C2C#CCC1(O)CCCCC1. The first-order chi connectivity index (χ1) is 12.5. The fraction of sp³-hybridized carbons (Fsp3) is 0.773. The van der Waals surface area contributed by atoms with Crippen molar-refractivity contribution in [3.8, 4) is 11.8 Å². The second kappa shape index (κ2) is 8.59. The fourth-order valence-corrected chi connectivity index (χ4v) is 4.97. The summed E-state index contributed by atoms with van der Waals surface area (Å²) < 4.78 is 0. The number of aliphatic hydroxyl groups excluding tert-OH is 1. The molecule has 4 heteroatoms. The lowest BCUT2D eigenvalue weighted by molar-refractivity contribution is -0.137. The zero-order valence-corrected chi connectivity index (χ0v) is 15.6. The van der Waals surface area contributed by atoms with E-state index in [1.807, 2.05) is 0 Å². The number of carboxylic acids is 1. The Morgan fingerprint density at radius 3 is 2.73 bits per heavy atom. The van der Waals surface area contributed by atoms with Crippen LogP contribution in [0.2, 0.25) is 0 Å². The van der Waals surface area contributed by atoms with Crippen LogP contribution in [0, 0.1) is 29.6 Å². The van der Waals surface area contributed by atoms with Crippen molar-refractivity contribution in [2.45, 2.75) is 88.8 Å². The van der Waals surface area contributed by atoms with Crippen LogP contribution in [0.15, 0.2) is 11.6 Å². The van der Waals surface area contributed by atoms with Gasteiger partial charge in [-0.1, -0.05) is 42.8 Å². The van der Waals surface area contributed by atoms with Crippen molar-refractivity contribution in [1.29, 1.82) is 0 Å². The third-order valence-corrected chi connectivity index (χ3v) is 6.59. The number of hydrogen-bond donors (Lipinski definition) is 3. The van der Waals surface area contributed by atoms with E-state index in [1.165, 1.54) is 12.0 Å². The Balaban J connectivity index is 1.53. The summed E-state index contributed by atoms with van der Waals surface area (Å²) >= 11 is 0. The third kappa shape index (κ3) is 4.69. The molecule has 3 saturated carbocycles. The molecule has 4 nitrogen and oxygen atoms in total. The summed E-state index contributed by atoms with van der Waals surface area (Å²) in [6.45, 7) is 0. The van der Waals surface area contributed by atoms with Crippen molar-refractivity contribution < 1.29 is 20.1 Å². The zero-order chi connectivity index (χ0) is 18.6. The molecule has 0 aromatic carbocycles. The van der Waals surface area contributed by atoms with Crippen LogP contribution in [0.1, 0.15) is 77.0 Å². The molecule has 0 aliphatic heterocycles. The van der Waals surface area contributed by atoms with Crippen molar-refractivity contribution in [3.63, 3.8) is 0 Å². The van der Waals surface area contributed by atoms with Gasteiger partial charge in [0.25, 0.3) is 0 Å². The first-order valence-corrected chi connectivity index (χ1v) is 10.3. The van der Waals surface area contributed by atoms with Gasteiger partial charge in [0.1, 0.15) is 0 Å². The second-order valence-electron chi connectivity index (χ2n) is 8.49. The summed E-state index contributed by atoms with van der Waals surface area (Å²) in [5.74, 6) is 6.77. The van der Waals surface area contributed by atoms with Crippen LogP contribution in [0.3, 0.4) is 0 Å². The van der Waals surface area contributed by atoms with Crippen LogP contribution >= 0.6 is 0 Å². The first kappa shape index (κ1) is 19.5.